The molecule has 0 saturated carbocycles. The first-order chi connectivity index (χ1) is 27.7. The molecule has 0 fully saturated rings. The van der Waals surface area contributed by atoms with Crippen molar-refractivity contribution in [3.8, 4) is 0 Å². The number of carbonyl (C=O) groups excluding carboxylic acids is 4. The lowest BCUT2D eigenvalue weighted by Gasteiger charge is -2.33. The topological polar surface area (TPSA) is 142 Å². The van der Waals surface area contributed by atoms with Crippen molar-refractivity contribution in [2.45, 2.75) is 78.3 Å². The molecule has 2 N–H and O–H groups in total. The number of fused-ring (bicyclic) bond motifs is 2. The minimum absolute atomic E-state index is 0.122. The number of methoxy groups -OCH3 is 1. The zero-order valence-corrected chi connectivity index (χ0v) is 35.2. The number of hydrogen-bond acceptors (Lipinski definition) is 8. The van der Waals surface area contributed by atoms with Crippen LogP contribution in [0.4, 0.5) is 5.69 Å². The van der Waals surface area contributed by atoms with Crippen LogP contribution < -0.4 is 4.90 Å². The normalized spacial score (nSPS) is 15.4. The summed E-state index contributed by atoms with van der Waals surface area (Å²) in [4.78, 5) is 58.9. The molecule has 2 aliphatic rings. The quantitative estimate of drug-likeness (QED) is 0.0796. The van der Waals surface area contributed by atoms with Gasteiger partial charge in [0, 0.05) is 56.8 Å². The molecule has 58 heavy (non-hydrogen) atoms. The molecule has 0 bridgehead atoms. The molecule has 0 spiro atoms. The van der Waals surface area contributed by atoms with Crippen LogP contribution in [-0.2, 0) is 15.5 Å². The molecule has 11 heteroatoms. The van der Waals surface area contributed by atoms with E-state index in [1.54, 1.807) is 43.5 Å². The molecular weight excluding hydrogens is 753 g/mol. The van der Waals surface area contributed by atoms with Crippen molar-refractivity contribution in [3.05, 3.63) is 95.1 Å². The maximum atomic E-state index is 14.0. The summed E-state index contributed by atoms with van der Waals surface area (Å²) in [6.07, 6.45) is 1.51. The molecule has 0 aromatic heterocycles. The number of nitrogens with zero attached hydrogens (tertiary/aromatic N) is 2. The van der Waals surface area contributed by atoms with Crippen molar-refractivity contribution >= 4 is 83.2 Å². The van der Waals surface area contributed by atoms with Gasteiger partial charge >= 0.3 is 0 Å². The van der Waals surface area contributed by atoms with E-state index in [2.05, 4.69) is 32.4 Å². The summed E-state index contributed by atoms with van der Waals surface area (Å²) >= 11 is 0. The van der Waals surface area contributed by atoms with Crippen molar-refractivity contribution in [2.24, 2.45) is 11.8 Å². The Hall–Kier alpha value is -5.07. The lowest BCUT2D eigenvalue weighted by atomic mass is 9.82. The zero-order chi connectivity index (χ0) is 42.2. The molecule has 8 rings (SSSR count). The molecule has 6 aromatic carbocycles. The Kier molecular flexibility index (Phi) is 12.8. The molecule has 0 radical (unpaired) electrons. The van der Waals surface area contributed by atoms with E-state index in [0.29, 0.717) is 74.2 Å². The highest BCUT2D eigenvalue weighted by Crippen LogP contribution is 2.46. The van der Waals surface area contributed by atoms with Crippen LogP contribution in [0.5, 0.6) is 0 Å². The number of anilines is 1. The second-order valence-electron chi connectivity index (χ2n) is 15.9. The van der Waals surface area contributed by atoms with Crippen LogP contribution in [0, 0.1) is 11.8 Å². The van der Waals surface area contributed by atoms with Crippen LogP contribution in [0.25, 0.3) is 43.1 Å². The fraction of sp³-hybridized carbons (Fsp3) is 0.362. The van der Waals surface area contributed by atoms with Crippen LogP contribution in [0.2, 0.25) is 0 Å². The van der Waals surface area contributed by atoms with Crippen LogP contribution in [0.1, 0.15) is 103 Å². The monoisotopic (exact) mass is 804 g/mol. The predicted molar refractivity (Wildman–Crippen MR) is 232 cm³/mol. The molecule has 4 amide bonds. The van der Waals surface area contributed by atoms with Gasteiger partial charge in [0.2, 0.25) is 0 Å². The number of carbonyl (C=O) groups is 4. The Labute approximate surface area is 341 Å². The average molecular weight is 805 g/mol. The van der Waals surface area contributed by atoms with Gasteiger partial charge in [0.25, 0.3) is 23.6 Å². The Morgan fingerprint density at radius 2 is 1.02 bits per heavy atom. The molecule has 6 aromatic rings. The Morgan fingerprint density at radius 3 is 1.33 bits per heavy atom. The average Bonchev–Trinajstić information content (AvgIpc) is 3.18. The van der Waals surface area contributed by atoms with Crippen LogP contribution in [0.15, 0.2) is 77.7 Å². The summed E-state index contributed by atoms with van der Waals surface area (Å²) in [5.74, 6) is 0.0198. The molecule has 304 valence electrons. The molecule has 3 atom stereocenters. The van der Waals surface area contributed by atoms with E-state index in [0.717, 1.165) is 38.7 Å². The van der Waals surface area contributed by atoms with Crippen LogP contribution in [0.3, 0.4) is 0 Å². The van der Waals surface area contributed by atoms with E-state index >= 15 is 0 Å². The third-order valence-electron chi connectivity index (χ3n) is 10.6. The lowest BCUT2D eigenvalue weighted by Crippen LogP contribution is -2.46. The molecule has 0 saturated heterocycles. The minimum atomic E-state index is -1.15. The second kappa shape index (κ2) is 17.4. The van der Waals surface area contributed by atoms with Gasteiger partial charge in [-0.1, -0.05) is 58.9 Å². The van der Waals surface area contributed by atoms with Crippen molar-refractivity contribution in [2.75, 3.05) is 31.0 Å². The summed E-state index contributed by atoms with van der Waals surface area (Å²) in [6, 6.07) is 21.3. The van der Waals surface area contributed by atoms with E-state index in [1.165, 1.54) is 9.80 Å². The van der Waals surface area contributed by atoms with Gasteiger partial charge in [-0.3, -0.25) is 28.3 Å². The summed E-state index contributed by atoms with van der Waals surface area (Å²) in [6.45, 7) is 14.5. The molecule has 10 nitrogen and oxygen atoms in total. The van der Waals surface area contributed by atoms with Crippen molar-refractivity contribution in [1.82, 2.24) is 4.90 Å². The first kappa shape index (κ1) is 42.5. The standard InChI is InChI=1S/C38H30N2O5S.C6H14O.C3H8O2/c1-5-46(45)22-8-6-21(7-9-22)40-37(43)29-16-12-25-23-10-14-27-33-28(36(42)39(35(27)41)20(4)18-19(2)3)15-11-24(31(23)33)26-13-17-30(38(40)44)34(29)32(25)26;1-5(2)4-6(3)7;1-5-3-2-4/h6-17,19-20H,5,18H2,1-4H3;5-7H,4H2,1-3H3;4H,2-3H2,1H3. The van der Waals surface area contributed by atoms with Gasteiger partial charge in [-0.25, -0.2) is 4.90 Å². The van der Waals surface area contributed by atoms with E-state index in [4.69, 9.17) is 10.2 Å². The summed E-state index contributed by atoms with van der Waals surface area (Å²) in [5, 5.41) is 23.0. The highest BCUT2D eigenvalue weighted by Gasteiger charge is 2.38. The van der Waals surface area contributed by atoms with Crippen LogP contribution >= 0.6 is 0 Å². The third kappa shape index (κ3) is 7.64. The smallest absolute Gasteiger partial charge is 0.265 e. The minimum Gasteiger partial charge on any atom is -0.394 e. The van der Waals surface area contributed by atoms with Gasteiger partial charge in [-0.15, -0.1) is 0 Å². The number of aliphatic hydroxyl groups is 2. The van der Waals surface area contributed by atoms with Gasteiger partial charge in [-0.05, 0) is 119 Å². The second-order valence-corrected chi connectivity index (χ2v) is 17.6. The van der Waals surface area contributed by atoms with Gasteiger partial charge in [-0.2, -0.15) is 0 Å². The fourth-order valence-electron chi connectivity index (χ4n) is 8.40. The van der Waals surface area contributed by atoms with Crippen LogP contribution in [-0.4, -0.2) is 81.2 Å². The number of rotatable bonds is 10. The van der Waals surface area contributed by atoms with E-state index in [-0.39, 0.29) is 30.6 Å². The molecule has 0 aliphatic carbocycles. The first-order valence-electron chi connectivity index (χ1n) is 19.9. The van der Waals surface area contributed by atoms with Gasteiger partial charge in [0.15, 0.2) is 0 Å². The molecule has 3 unspecified atom stereocenters. The number of imide groups is 2. The zero-order valence-electron chi connectivity index (χ0n) is 34.4. The Bertz CT molecular complexity index is 2430. The summed E-state index contributed by atoms with van der Waals surface area (Å²) in [7, 11) is 0.403. The number of ether oxygens (including phenoxy) is 1. The molecule has 2 aliphatic heterocycles. The molecular formula is C47H52N2O8S. The highest BCUT2D eigenvalue weighted by atomic mass is 32.2. The number of benzene rings is 6. The Balaban J connectivity index is 0.000000415. The van der Waals surface area contributed by atoms with E-state index < -0.39 is 22.6 Å². The number of hydrogen-bond donors (Lipinski definition) is 2. The first-order valence-corrected chi connectivity index (χ1v) is 21.2. The number of aliphatic hydroxyl groups excluding tert-OH is 2. The van der Waals surface area contributed by atoms with E-state index in [1.807, 2.05) is 57.2 Å². The van der Waals surface area contributed by atoms with Crippen molar-refractivity contribution < 1.29 is 38.3 Å². The predicted octanol–water partition coefficient (Wildman–Crippen LogP) is 8.73. The maximum Gasteiger partial charge on any atom is 0.265 e. The fourth-order valence-corrected chi connectivity index (χ4v) is 9.17. The number of amides is 4. The summed E-state index contributed by atoms with van der Waals surface area (Å²) in [5.41, 5.74) is 2.28. The Morgan fingerprint density at radius 1 is 0.603 bits per heavy atom. The van der Waals surface area contributed by atoms with Crippen molar-refractivity contribution in [1.29, 1.82) is 0 Å². The highest BCUT2D eigenvalue weighted by molar-refractivity contribution is 7.85. The van der Waals surface area contributed by atoms with Gasteiger partial charge < -0.3 is 14.9 Å². The summed E-state index contributed by atoms with van der Waals surface area (Å²) < 4.78 is 16.7. The largest absolute Gasteiger partial charge is 0.394 e. The van der Waals surface area contributed by atoms with Gasteiger partial charge in [0.1, 0.15) is 0 Å². The molecule has 2 heterocycles. The van der Waals surface area contributed by atoms with E-state index in [9.17, 15) is 23.4 Å². The third-order valence-corrected chi connectivity index (χ3v) is 12.0. The SMILES string of the molecule is CC(C)CC(C)O.CCS(=O)c1ccc(N2C(=O)c3ccc4c5ccc6c7c(ccc(c8ccc(c3c48)C2=O)c75)C(=O)N(C(C)CC(C)C)C6=O)cc1.COCCO. The maximum absolute atomic E-state index is 14.0. The lowest BCUT2D eigenvalue weighted by molar-refractivity contribution is 0.0535. The van der Waals surface area contributed by atoms with Crippen molar-refractivity contribution in [3.63, 3.8) is 0 Å². The van der Waals surface area contributed by atoms with Gasteiger partial charge in [0.05, 0.1) is 35.8 Å².